The molecule has 0 bridgehead atoms. The van der Waals surface area contributed by atoms with E-state index >= 15 is 0 Å². The minimum absolute atomic E-state index is 0.0557. The Hall–Kier alpha value is -1.08. The summed E-state index contributed by atoms with van der Waals surface area (Å²) in [5.74, 6) is 1.28. The third-order valence-corrected chi connectivity index (χ3v) is 5.35. The van der Waals surface area contributed by atoms with E-state index in [0.717, 1.165) is 31.4 Å². The van der Waals surface area contributed by atoms with Crippen molar-refractivity contribution >= 4 is 17.7 Å². The van der Waals surface area contributed by atoms with Gasteiger partial charge in [-0.15, -0.1) is 10.2 Å². The number of nitrogens with one attached hydrogen (secondary N) is 1. The third-order valence-electron chi connectivity index (χ3n) is 3.80. The second kappa shape index (κ2) is 4.55. The number of rotatable bonds is 2. The van der Waals surface area contributed by atoms with E-state index < -0.39 is 0 Å². The van der Waals surface area contributed by atoms with E-state index in [-0.39, 0.29) is 16.6 Å². The first kappa shape index (κ1) is 12.0. The molecule has 1 spiro atoms. The zero-order valence-electron chi connectivity index (χ0n) is 10.1. The lowest BCUT2D eigenvalue weighted by atomic mass is 9.70. The fourth-order valence-corrected chi connectivity index (χ4v) is 4.67. The summed E-state index contributed by atoms with van der Waals surface area (Å²) in [6.45, 7) is 0. The Balaban J connectivity index is 1.53. The first-order chi connectivity index (χ1) is 8.67. The first-order valence-corrected chi connectivity index (χ1v) is 7.20. The molecular weight excluding hydrogens is 250 g/mol. The van der Waals surface area contributed by atoms with Crippen LogP contribution in [0.5, 0.6) is 0 Å². The summed E-state index contributed by atoms with van der Waals surface area (Å²) >= 11 is 1.99. The van der Waals surface area contributed by atoms with Gasteiger partial charge in [0.25, 0.3) is 0 Å². The maximum absolute atomic E-state index is 12.0. The van der Waals surface area contributed by atoms with E-state index in [1.165, 1.54) is 17.3 Å². The first-order valence-electron chi connectivity index (χ1n) is 6.22. The number of nitrogens with zero attached hydrogens (tertiary/aromatic N) is 3. The highest BCUT2D eigenvalue weighted by molar-refractivity contribution is 8.00. The maximum atomic E-state index is 12.0. The second-order valence-electron chi connectivity index (χ2n) is 5.23. The van der Waals surface area contributed by atoms with Gasteiger partial charge in [0.2, 0.25) is 5.91 Å². The Morgan fingerprint density at radius 2 is 2.11 bits per heavy atom. The summed E-state index contributed by atoms with van der Waals surface area (Å²) in [6, 6.07) is 0.313. The molecular formula is C11H17N5OS. The molecule has 7 heteroatoms. The van der Waals surface area contributed by atoms with Crippen molar-refractivity contribution in [1.82, 2.24) is 14.9 Å². The van der Waals surface area contributed by atoms with Crippen LogP contribution in [0.25, 0.3) is 0 Å². The molecule has 1 atom stereocenters. The van der Waals surface area contributed by atoms with Gasteiger partial charge in [0.15, 0.2) is 0 Å². The van der Waals surface area contributed by atoms with Gasteiger partial charge >= 0.3 is 0 Å². The molecule has 2 heterocycles. The molecule has 1 saturated heterocycles. The number of hydrogen-bond donors (Lipinski definition) is 2. The minimum atomic E-state index is 0.0557. The normalized spacial score (nSPS) is 35.2. The number of amides is 1. The zero-order chi connectivity index (χ0) is 12.6. The lowest BCUT2D eigenvalue weighted by Gasteiger charge is -2.50. The summed E-state index contributed by atoms with van der Waals surface area (Å²) in [7, 11) is 0. The van der Waals surface area contributed by atoms with Crippen molar-refractivity contribution in [3.05, 3.63) is 12.7 Å². The molecule has 0 radical (unpaired) electrons. The summed E-state index contributed by atoms with van der Waals surface area (Å²) < 4.78 is 1.76. The van der Waals surface area contributed by atoms with Crippen molar-refractivity contribution in [1.29, 1.82) is 0 Å². The predicted molar refractivity (Wildman–Crippen MR) is 69.5 cm³/mol. The number of carbonyl (C=O) groups is 1. The molecule has 1 unspecified atom stereocenters. The molecule has 0 aromatic carbocycles. The van der Waals surface area contributed by atoms with Crippen LogP contribution in [0.4, 0.5) is 0 Å². The molecule has 98 valence electrons. The number of hydrogen-bond acceptors (Lipinski definition) is 5. The fraction of sp³-hybridized carbons (Fsp3) is 0.727. The molecule has 1 amide bonds. The number of aromatic nitrogens is 3. The number of nitrogens with two attached hydrogens (primary N) is 1. The van der Waals surface area contributed by atoms with E-state index in [2.05, 4.69) is 15.6 Å². The van der Waals surface area contributed by atoms with Gasteiger partial charge in [-0.25, -0.2) is 4.68 Å². The minimum Gasteiger partial charge on any atom is -0.328 e. The Morgan fingerprint density at radius 3 is 2.78 bits per heavy atom. The number of thioether (sulfide) groups is 1. The van der Waals surface area contributed by atoms with Gasteiger partial charge in [-0.05, 0) is 31.4 Å². The smallest absolute Gasteiger partial charge is 0.242 e. The Bertz CT molecular complexity index is 429. The van der Waals surface area contributed by atoms with E-state index in [0.29, 0.717) is 6.04 Å². The summed E-state index contributed by atoms with van der Waals surface area (Å²) in [5, 5.41) is 7.30. The van der Waals surface area contributed by atoms with Gasteiger partial charge in [0.1, 0.15) is 12.7 Å². The molecule has 18 heavy (non-hydrogen) atoms. The Morgan fingerprint density at radius 1 is 1.39 bits per heavy atom. The number of carbonyl (C=O) groups excluding carboxylic acids is 1. The summed E-state index contributed by atoms with van der Waals surface area (Å²) in [4.78, 5) is 12.0. The predicted octanol–water partition coefficient (Wildman–Crippen LogP) is 0.351. The largest absolute Gasteiger partial charge is 0.328 e. The van der Waals surface area contributed by atoms with Crippen molar-refractivity contribution in [2.24, 2.45) is 11.7 Å². The summed E-state index contributed by atoms with van der Waals surface area (Å²) in [6.07, 6.45) is 7.01. The van der Waals surface area contributed by atoms with Crippen molar-refractivity contribution in [3.63, 3.8) is 0 Å². The van der Waals surface area contributed by atoms with E-state index in [1.807, 2.05) is 11.8 Å². The molecule has 1 saturated carbocycles. The average Bonchev–Trinajstić information content (AvgIpc) is 2.78. The Labute approximate surface area is 110 Å². The van der Waals surface area contributed by atoms with Crippen LogP contribution in [0, 0.1) is 5.92 Å². The fourth-order valence-electron chi connectivity index (χ4n) is 2.85. The molecule has 2 aliphatic rings. The van der Waals surface area contributed by atoms with Crippen LogP contribution < -0.4 is 11.2 Å². The van der Waals surface area contributed by atoms with Crippen LogP contribution in [-0.2, 0) is 4.79 Å². The molecule has 1 aliphatic carbocycles. The highest BCUT2D eigenvalue weighted by Gasteiger charge is 2.49. The topological polar surface area (TPSA) is 85.8 Å². The molecule has 2 fully saturated rings. The average molecular weight is 267 g/mol. The lowest BCUT2D eigenvalue weighted by molar-refractivity contribution is -0.124. The second-order valence-corrected chi connectivity index (χ2v) is 6.80. The molecule has 1 aliphatic heterocycles. The quantitative estimate of drug-likeness (QED) is 0.807. The van der Waals surface area contributed by atoms with Gasteiger partial charge in [0.05, 0.1) is 0 Å². The van der Waals surface area contributed by atoms with Crippen LogP contribution in [0.3, 0.4) is 0 Å². The van der Waals surface area contributed by atoms with Crippen molar-refractivity contribution in [3.8, 4) is 0 Å². The summed E-state index contributed by atoms with van der Waals surface area (Å²) in [5.41, 5.74) is 8.79. The van der Waals surface area contributed by atoms with Crippen LogP contribution in [0.2, 0.25) is 0 Å². The van der Waals surface area contributed by atoms with Crippen LogP contribution in [0.15, 0.2) is 12.7 Å². The lowest BCUT2D eigenvalue weighted by Crippen LogP contribution is -2.52. The van der Waals surface area contributed by atoms with Crippen LogP contribution in [0.1, 0.15) is 25.7 Å². The molecule has 6 nitrogen and oxygen atoms in total. The van der Waals surface area contributed by atoms with E-state index in [4.69, 9.17) is 5.73 Å². The molecule has 3 N–H and O–H groups in total. The maximum Gasteiger partial charge on any atom is 0.242 e. The van der Waals surface area contributed by atoms with Crippen molar-refractivity contribution in [2.75, 3.05) is 11.2 Å². The van der Waals surface area contributed by atoms with E-state index in [9.17, 15) is 4.79 Å². The third kappa shape index (κ3) is 2.24. The van der Waals surface area contributed by atoms with Crippen LogP contribution in [-0.4, -0.2) is 37.3 Å². The van der Waals surface area contributed by atoms with Gasteiger partial charge in [0, 0.05) is 16.7 Å². The Kier molecular flexibility index (Phi) is 3.03. The van der Waals surface area contributed by atoms with Gasteiger partial charge in [-0.3, -0.25) is 10.2 Å². The molecule has 1 aromatic heterocycles. The molecule has 3 rings (SSSR count). The standard InChI is InChI=1S/C11H17N5OS/c12-9-1-2-18-11(5-9)3-8(4-11)10(17)15-16-6-13-14-7-16/h6-9H,1-5,12H2,(H,15,17). The molecule has 1 aromatic rings. The van der Waals surface area contributed by atoms with Gasteiger partial charge in [-0.1, -0.05) is 0 Å². The van der Waals surface area contributed by atoms with Gasteiger partial charge < -0.3 is 5.73 Å². The highest BCUT2D eigenvalue weighted by atomic mass is 32.2. The van der Waals surface area contributed by atoms with Crippen molar-refractivity contribution in [2.45, 2.75) is 36.5 Å². The highest BCUT2D eigenvalue weighted by Crippen LogP contribution is 2.53. The van der Waals surface area contributed by atoms with Crippen molar-refractivity contribution < 1.29 is 4.79 Å². The van der Waals surface area contributed by atoms with Gasteiger partial charge in [-0.2, -0.15) is 11.8 Å². The SMILES string of the molecule is NC1CCSC2(C1)CC(C(=O)Nn1cnnc1)C2. The van der Waals surface area contributed by atoms with E-state index in [1.54, 1.807) is 0 Å². The monoisotopic (exact) mass is 267 g/mol. The van der Waals surface area contributed by atoms with Crippen LogP contribution >= 0.6 is 11.8 Å². The zero-order valence-corrected chi connectivity index (χ0v) is 10.9.